The van der Waals surface area contributed by atoms with E-state index in [1.54, 1.807) is 0 Å². The van der Waals surface area contributed by atoms with Gasteiger partial charge in [0.15, 0.2) is 0 Å². The largest absolute Gasteiger partial charge is 1.00 e. The molecule has 46 valence electrons. The van der Waals surface area contributed by atoms with Crippen LogP contribution in [0, 0.1) is 0 Å². The molecule has 0 amide bonds. The second-order valence-corrected chi connectivity index (χ2v) is 2.61. The molecule has 3 nitrogen and oxygen atoms in total. The van der Waals surface area contributed by atoms with Crippen LogP contribution in [0.25, 0.3) is 0 Å². The third-order valence-electron chi connectivity index (χ3n) is 0.365. The van der Waals surface area contributed by atoms with Crippen LogP contribution in [-0.4, -0.2) is 18.7 Å². The molecule has 0 saturated heterocycles. The van der Waals surface area contributed by atoms with Crippen LogP contribution in [-0.2, 0) is 10.1 Å². The van der Waals surface area contributed by atoms with Crippen LogP contribution in [0.2, 0.25) is 0 Å². The molecule has 1 N–H and O–H groups in total. The Balaban J connectivity index is -0.000000125. The van der Waals surface area contributed by atoms with E-state index in [4.69, 9.17) is 4.55 Å². The van der Waals surface area contributed by atoms with E-state index >= 15 is 0 Å². The van der Waals surface area contributed by atoms with Crippen molar-refractivity contribution in [3.63, 3.8) is 0 Å². The average molecular weight is 213 g/mol. The number of hydrogen-bond donors (Lipinski definition) is 1. The van der Waals surface area contributed by atoms with E-state index < -0.39 is 10.1 Å². The van der Waals surface area contributed by atoms with Crippen molar-refractivity contribution in [3.8, 4) is 0 Å². The van der Waals surface area contributed by atoms with Crippen molar-refractivity contribution in [2.45, 2.75) is 6.92 Å². The first-order valence-electron chi connectivity index (χ1n) is 1.51. The van der Waals surface area contributed by atoms with Crippen LogP contribution in [0.1, 0.15) is 6.92 Å². The SMILES string of the molecule is CCS(=O)(=O)O.[Br-].[Na+]. The maximum absolute atomic E-state index is 9.56. The van der Waals surface area contributed by atoms with Gasteiger partial charge in [-0.2, -0.15) is 8.42 Å². The van der Waals surface area contributed by atoms with Crippen molar-refractivity contribution in [1.82, 2.24) is 0 Å². The molecule has 0 aliphatic heterocycles. The number of rotatable bonds is 1. The minimum atomic E-state index is -3.66. The first-order chi connectivity index (χ1) is 2.56. The van der Waals surface area contributed by atoms with Gasteiger partial charge < -0.3 is 17.0 Å². The van der Waals surface area contributed by atoms with Crippen molar-refractivity contribution in [2.24, 2.45) is 0 Å². The van der Waals surface area contributed by atoms with Crippen LogP contribution in [0.4, 0.5) is 0 Å². The standard InChI is InChI=1S/C2H6O3S.BrH.Na/c1-2-6(3,4)5;;/h2H2,1H3,(H,3,4,5);1H;/q;;+1/p-1. The minimum Gasteiger partial charge on any atom is -1.00 e. The fraction of sp³-hybridized carbons (Fsp3) is 1.00. The van der Waals surface area contributed by atoms with Crippen molar-refractivity contribution in [1.29, 1.82) is 0 Å². The van der Waals surface area contributed by atoms with Crippen LogP contribution in [0.5, 0.6) is 0 Å². The fourth-order valence-corrected chi connectivity index (χ4v) is 0. The van der Waals surface area contributed by atoms with Gasteiger partial charge in [0.25, 0.3) is 10.1 Å². The first kappa shape index (κ1) is 16.2. The Labute approximate surface area is 81.7 Å². The molecule has 0 bridgehead atoms. The predicted molar refractivity (Wildman–Crippen MR) is 22.1 cm³/mol. The molecule has 0 aromatic heterocycles. The summed E-state index contributed by atoms with van der Waals surface area (Å²) in [5.41, 5.74) is 0. The summed E-state index contributed by atoms with van der Waals surface area (Å²) in [6, 6.07) is 0. The topological polar surface area (TPSA) is 54.4 Å². The molecule has 8 heavy (non-hydrogen) atoms. The van der Waals surface area contributed by atoms with Crippen molar-refractivity contribution < 1.29 is 59.5 Å². The van der Waals surface area contributed by atoms with E-state index in [0.29, 0.717) is 0 Å². The third kappa shape index (κ3) is 15.7. The summed E-state index contributed by atoms with van der Waals surface area (Å²) in [7, 11) is -3.66. The summed E-state index contributed by atoms with van der Waals surface area (Å²) in [5, 5.41) is 0. The minimum absolute atomic E-state index is 0. The smallest absolute Gasteiger partial charge is 1.00 e. The normalized spacial score (nSPS) is 8.75. The zero-order valence-electron chi connectivity index (χ0n) is 4.76. The Bertz CT molecular complexity index is 119. The molecule has 0 aliphatic rings. The average Bonchev–Trinajstić information content (AvgIpc) is 1.35. The Kier molecular flexibility index (Phi) is 13.2. The van der Waals surface area contributed by atoms with E-state index in [0.717, 1.165) is 0 Å². The van der Waals surface area contributed by atoms with Gasteiger partial charge in [0, 0.05) is 0 Å². The molecular weight excluding hydrogens is 207 g/mol. The second-order valence-electron chi connectivity index (χ2n) is 0.871. The molecule has 0 spiro atoms. The molecule has 0 rings (SSSR count). The molecule has 0 aromatic carbocycles. The quantitative estimate of drug-likeness (QED) is 0.348. The van der Waals surface area contributed by atoms with Crippen molar-refractivity contribution >= 4 is 10.1 Å². The Morgan fingerprint density at radius 2 is 1.62 bits per heavy atom. The maximum atomic E-state index is 9.56. The monoisotopic (exact) mass is 212 g/mol. The van der Waals surface area contributed by atoms with E-state index in [1.165, 1.54) is 6.92 Å². The third-order valence-corrected chi connectivity index (χ3v) is 1.09. The van der Waals surface area contributed by atoms with Crippen LogP contribution >= 0.6 is 0 Å². The number of hydrogen-bond acceptors (Lipinski definition) is 2. The zero-order chi connectivity index (χ0) is 5.21. The van der Waals surface area contributed by atoms with Crippen LogP contribution < -0.4 is 46.5 Å². The molecule has 0 unspecified atom stereocenters. The molecule has 0 fully saturated rings. The summed E-state index contributed by atoms with van der Waals surface area (Å²) < 4.78 is 26.9. The molecule has 0 atom stereocenters. The number of halogens is 1. The van der Waals surface area contributed by atoms with Gasteiger partial charge in [-0.25, -0.2) is 0 Å². The second kappa shape index (κ2) is 6.51. The predicted octanol–water partition coefficient (Wildman–Crippen LogP) is -6.10. The summed E-state index contributed by atoms with van der Waals surface area (Å²) in [6.07, 6.45) is 0. The first-order valence-corrected chi connectivity index (χ1v) is 3.12. The zero-order valence-corrected chi connectivity index (χ0v) is 9.16. The van der Waals surface area contributed by atoms with E-state index in [1.807, 2.05) is 0 Å². The van der Waals surface area contributed by atoms with Crippen LogP contribution in [0.15, 0.2) is 0 Å². The van der Waals surface area contributed by atoms with Gasteiger partial charge in [-0.1, -0.05) is 0 Å². The molecule has 0 heterocycles. The maximum Gasteiger partial charge on any atom is 1.00 e. The summed E-state index contributed by atoms with van der Waals surface area (Å²) in [5.74, 6) is -0.201. The van der Waals surface area contributed by atoms with Gasteiger partial charge in [0.1, 0.15) is 0 Å². The fourth-order valence-electron chi connectivity index (χ4n) is 0. The van der Waals surface area contributed by atoms with Crippen molar-refractivity contribution in [3.05, 3.63) is 0 Å². The van der Waals surface area contributed by atoms with E-state index in [9.17, 15) is 8.42 Å². The van der Waals surface area contributed by atoms with Gasteiger partial charge in [0.2, 0.25) is 0 Å². The Hall–Kier alpha value is 1.39. The van der Waals surface area contributed by atoms with Gasteiger partial charge in [-0.15, -0.1) is 0 Å². The van der Waals surface area contributed by atoms with Gasteiger partial charge >= 0.3 is 29.6 Å². The van der Waals surface area contributed by atoms with Crippen molar-refractivity contribution in [2.75, 3.05) is 5.75 Å². The molecule has 6 heteroatoms. The van der Waals surface area contributed by atoms with Gasteiger partial charge in [-0.05, 0) is 6.92 Å². The Morgan fingerprint density at radius 1 is 1.50 bits per heavy atom. The van der Waals surface area contributed by atoms with E-state index in [2.05, 4.69) is 0 Å². The van der Waals surface area contributed by atoms with Crippen LogP contribution in [0.3, 0.4) is 0 Å². The molecular formula is C2H6BrNaO3S. The molecule has 0 aromatic rings. The summed E-state index contributed by atoms with van der Waals surface area (Å²) in [4.78, 5) is 0. The summed E-state index contributed by atoms with van der Waals surface area (Å²) in [6.45, 7) is 1.37. The van der Waals surface area contributed by atoms with Gasteiger partial charge in [0.05, 0.1) is 5.75 Å². The molecule has 0 aliphatic carbocycles. The van der Waals surface area contributed by atoms with E-state index in [-0.39, 0.29) is 52.3 Å². The van der Waals surface area contributed by atoms with Gasteiger partial charge in [-0.3, -0.25) is 4.55 Å². The summed E-state index contributed by atoms with van der Waals surface area (Å²) >= 11 is 0. The Morgan fingerprint density at radius 3 is 1.62 bits per heavy atom. The molecule has 0 saturated carbocycles. The molecule has 0 radical (unpaired) electrons.